The Morgan fingerprint density at radius 1 is 1.18 bits per heavy atom. The Kier molecular flexibility index (Phi) is 8.59. The molecule has 2 N–H and O–H groups in total. The van der Waals surface area contributed by atoms with E-state index in [0.29, 0.717) is 29.1 Å². The topological polar surface area (TPSA) is 97.5 Å². The summed E-state index contributed by atoms with van der Waals surface area (Å²) in [5.74, 6) is -0.508. The molecule has 0 unspecified atom stereocenters. The molecule has 0 saturated heterocycles. The summed E-state index contributed by atoms with van der Waals surface area (Å²) >= 11 is 2.93. The van der Waals surface area contributed by atoms with Gasteiger partial charge in [-0.05, 0) is 37.8 Å². The average Bonchev–Trinajstić information content (AvgIpc) is 3.28. The first kappa shape index (κ1) is 22.0. The number of amides is 1. The van der Waals surface area contributed by atoms with Crippen LogP contribution in [0.1, 0.15) is 50.8 Å². The highest BCUT2D eigenvalue weighted by Crippen LogP contribution is 2.24. The summed E-state index contributed by atoms with van der Waals surface area (Å²) in [6.45, 7) is 6.08. The normalized spacial score (nSPS) is 10.5. The third-order valence-corrected chi connectivity index (χ3v) is 5.64. The van der Waals surface area contributed by atoms with Crippen molar-refractivity contribution < 1.29 is 23.9 Å². The maximum absolute atomic E-state index is 12.3. The van der Waals surface area contributed by atoms with Crippen LogP contribution in [0.25, 0.3) is 0 Å². The second kappa shape index (κ2) is 10.9. The van der Waals surface area contributed by atoms with Crippen LogP contribution in [0.2, 0.25) is 0 Å². The number of carbonyl (C=O) groups is 3. The molecule has 0 aliphatic heterocycles. The summed E-state index contributed by atoms with van der Waals surface area (Å²) in [4.78, 5) is 40.5. The zero-order chi connectivity index (χ0) is 20.5. The fourth-order valence-electron chi connectivity index (χ4n) is 2.55. The molecule has 152 valence electrons. The predicted molar refractivity (Wildman–Crippen MR) is 110 cm³/mol. The first-order chi connectivity index (χ1) is 13.5. The number of nitrogens with one attached hydrogen (secondary N) is 2. The van der Waals surface area contributed by atoms with Gasteiger partial charge < -0.3 is 19.8 Å². The lowest BCUT2D eigenvalue weighted by molar-refractivity contribution is -0.118. The fraction of sp³-hybridized carbons (Fsp3) is 0.421. The number of hydrogen-bond acceptors (Lipinski definition) is 7. The monoisotopic (exact) mass is 424 g/mol. The molecule has 0 radical (unpaired) electrons. The highest BCUT2D eigenvalue weighted by atomic mass is 32.2. The van der Waals surface area contributed by atoms with E-state index in [4.69, 9.17) is 9.47 Å². The Balaban J connectivity index is 2.01. The lowest BCUT2D eigenvalue weighted by atomic mass is 10.1. The van der Waals surface area contributed by atoms with Crippen molar-refractivity contribution in [3.63, 3.8) is 0 Å². The Morgan fingerprint density at radius 2 is 1.89 bits per heavy atom. The minimum absolute atomic E-state index is 0.0926. The SMILES string of the molecule is CCOC(=O)c1[nH]c(CSCC(=O)NCc2cccs2)c(C(=O)OCC)c1C. The Morgan fingerprint density at radius 3 is 2.54 bits per heavy atom. The van der Waals surface area contributed by atoms with Gasteiger partial charge in [0.2, 0.25) is 5.91 Å². The molecule has 0 aromatic carbocycles. The van der Waals surface area contributed by atoms with Gasteiger partial charge in [-0.2, -0.15) is 0 Å². The maximum Gasteiger partial charge on any atom is 0.355 e. The van der Waals surface area contributed by atoms with Crippen LogP contribution < -0.4 is 5.32 Å². The Labute approximate surface area is 172 Å². The molecule has 0 saturated carbocycles. The van der Waals surface area contributed by atoms with Crippen LogP contribution in [0, 0.1) is 6.92 Å². The van der Waals surface area contributed by atoms with Crippen LogP contribution in [0.3, 0.4) is 0 Å². The molecular formula is C19H24N2O5S2. The standard InChI is InChI=1S/C19H24N2O5S2/c1-4-25-18(23)16-12(3)17(19(24)26-5-2)21-14(16)10-27-11-15(22)20-9-13-7-6-8-28-13/h6-8,21H,4-5,9-11H2,1-3H3,(H,20,22). The molecule has 0 aliphatic carbocycles. The number of ether oxygens (including phenoxy) is 2. The largest absolute Gasteiger partial charge is 0.462 e. The zero-order valence-electron chi connectivity index (χ0n) is 16.1. The number of esters is 2. The number of thioether (sulfide) groups is 1. The van der Waals surface area contributed by atoms with E-state index in [2.05, 4.69) is 10.3 Å². The number of rotatable bonds is 10. The van der Waals surface area contributed by atoms with Crippen molar-refractivity contribution in [1.82, 2.24) is 10.3 Å². The summed E-state index contributed by atoms with van der Waals surface area (Å²) in [5, 5.41) is 4.82. The molecule has 2 rings (SSSR count). The van der Waals surface area contributed by atoms with E-state index in [1.165, 1.54) is 11.8 Å². The molecule has 0 spiro atoms. The smallest absolute Gasteiger partial charge is 0.355 e. The minimum Gasteiger partial charge on any atom is -0.462 e. The van der Waals surface area contributed by atoms with Crippen LogP contribution in [0.5, 0.6) is 0 Å². The number of hydrogen-bond donors (Lipinski definition) is 2. The van der Waals surface area contributed by atoms with Crippen molar-refractivity contribution in [2.75, 3.05) is 19.0 Å². The summed E-state index contributed by atoms with van der Waals surface area (Å²) in [7, 11) is 0. The van der Waals surface area contributed by atoms with Crippen molar-refractivity contribution in [1.29, 1.82) is 0 Å². The molecule has 7 nitrogen and oxygen atoms in total. The van der Waals surface area contributed by atoms with Crippen molar-refractivity contribution in [2.24, 2.45) is 0 Å². The van der Waals surface area contributed by atoms with Gasteiger partial charge in [0.05, 0.1) is 31.1 Å². The highest BCUT2D eigenvalue weighted by molar-refractivity contribution is 7.99. The maximum atomic E-state index is 12.3. The molecule has 2 aromatic heterocycles. The quantitative estimate of drug-likeness (QED) is 0.568. The molecule has 28 heavy (non-hydrogen) atoms. The zero-order valence-corrected chi connectivity index (χ0v) is 17.8. The van der Waals surface area contributed by atoms with Crippen LogP contribution in [-0.4, -0.2) is 41.8 Å². The molecule has 1 amide bonds. The molecule has 0 fully saturated rings. The van der Waals surface area contributed by atoms with Crippen molar-refractivity contribution in [2.45, 2.75) is 33.1 Å². The van der Waals surface area contributed by atoms with Gasteiger partial charge in [-0.15, -0.1) is 23.1 Å². The van der Waals surface area contributed by atoms with E-state index in [9.17, 15) is 14.4 Å². The van der Waals surface area contributed by atoms with Gasteiger partial charge in [0.1, 0.15) is 5.69 Å². The van der Waals surface area contributed by atoms with E-state index in [1.54, 1.807) is 32.1 Å². The van der Waals surface area contributed by atoms with E-state index in [1.807, 2.05) is 17.5 Å². The van der Waals surface area contributed by atoms with Crippen molar-refractivity contribution >= 4 is 40.9 Å². The van der Waals surface area contributed by atoms with Gasteiger partial charge in [-0.25, -0.2) is 9.59 Å². The second-order valence-electron chi connectivity index (χ2n) is 5.77. The molecular weight excluding hydrogens is 400 g/mol. The second-order valence-corrected chi connectivity index (χ2v) is 7.79. The molecule has 0 atom stereocenters. The molecule has 2 heterocycles. The van der Waals surface area contributed by atoms with Crippen LogP contribution in [0.15, 0.2) is 17.5 Å². The third-order valence-electron chi connectivity index (χ3n) is 3.81. The van der Waals surface area contributed by atoms with Crippen molar-refractivity contribution in [3.8, 4) is 0 Å². The van der Waals surface area contributed by atoms with E-state index in [0.717, 1.165) is 4.88 Å². The van der Waals surface area contributed by atoms with Gasteiger partial charge in [0.25, 0.3) is 0 Å². The lowest BCUT2D eigenvalue weighted by Gasteiger charge is -2.06. The van der Waals surface area contributed by atoms with Gasteiger partial charge in [0, 0.05) is 16.3 Å². The molecule has 2 aromatic rings. The summed E-state index contributed by atoms with van der Waals surface area (Å²) in [5.41, 5.74) is 1.61. The summed E-state index contributed by atoms with van der Waals surface area (Å²) < 4.78 is 10.1. The molecule has 0 aliphatic rings. The van der Waals surface area contributed by atoms with E-state index < -0.39 is 11.9 Å². The summed E-state index contributed by atoms with van der Waals surface area (Å²) in [6.07, 6.45) is 0. The van der Waals surface area contributed by atoms with E-state index in [-0.39, 0.29) is 30.6 Å². The Bertz CT molecular complexity index is 815. The third kappa shape index (κ3) is 5.87. The highest BCUT2D eigenvalue weighted by Gasteiger charge is 2.25. The minimum atomic E-state index is -0.518. The van der Waals surface area contributed by atoms with Gasteiger partial charge in [0.15, 0.2) is 0 Å². The average molecular weight is 425 g/mol. The van der Waals surface area contributed by atoms with Crippen LogP contribution >= 0.6 is 23.1 Å². The van der Waals surface area contributed by atoms with Gasteiger partial charge in [-0.1, -0.05) is 6.07 Å². The van der Waals surface area contributed by atoms with Crippen LogP contribution in [-0.2, 0) is 26.6 Å². The number of thiophene rings is 1. The van der Waals surface area contributed by atoms with E-state index >= 15 is 0 Å². The molecule has 9 heteroatoms. The summed E-state index contributed by atoms with van der Waals surface area (Å²) in [6, 6.07) is 3.90. The Hall–Kier alpha value is -2.26. The number of aromatic nitrogens is 1. The lowest BCUT2D eigenvalue weighted by Crippen LogP contribution is -2.24. The number of aromatic amines is 1. The first-order valence-corrected chi connectivity index (χ1v) is 10.9. The number of carbonyl (C=O) groups excluding carboxylic acids is 3. The van der Waals surface area contributed by atoms with Gasteiger partial charge >= 0.3 is 11.9 Å². The number of H-pyrrole nitrogens is 1. The van der Waals surface area contributed by atoms with Crippen molar-refractivity contribution in [3.05, 3.63) is 44.9 Å². The van der Waals surface area contributed by atoms with Crippen LogP contribution in [0.4, 0.5) is 0 Å². The first-order valence-electron chi connectivity index (χ1n) is 8.90. The predicted octanol–water partition coefficient (Wildman–Crippen LogP) is 3.29. The van der Waals surface area contributed by atoms with Gasteiger partial charge in [-0.3, -0.25) is 4.79 Å². The molecule has 0 bridgehead atoms. The fourth-order valence-corrected chi connectivity index (χ4v) is 4.00.